The van der Waals surface area contributed by atoms with Crippen molar-refractivity contribution in [1.82, 2.24) is 10.6 Å². The molecule has 1 fully saturated rings. The first-order valence-electron chi connectivity index (χ1n) is 4.79. The van der Waals surface area contributed by atoms with Crippen molar-refractivity contribution in [3.05, 3.63) is 0 Å². The Morgan fingerprint density at radius 1 is 1.57 bits per heavy atom. The fraction of sp³-hybridized carbons (Fsp3) is 0.778. The molecular formula is C9H16N2O3. The molecule has 1 amide bonds. The second kappa shape index (κ2) is 5.59. The molecule has 0 aliphatic carbocycles. The van der Waals surface area contributed by atoms with Crippen molar-refractivity contribution >= 4 is 11.9 Å². The predicted octanol–water partition coefficient (Wildman–Crippen LogP) is -0.725. The quantitative estimate of drug-likeness (QED) is 0.587. The molecule has 0 bridgehead atoms. The zero-order valence-electron chi connectivity index (χ0n) is 8.34. The molecule has 5 nitrogen and oxygen atoms in total. The van der Waals surface area contributed by atoms with E-state index in [-0.39, 0.29) is 24.2 Å². The number of amides is 1. The summed E-state index contributed by atoms with van der Waals surface area (Å²) in [5, 5.41) is 5.82. The van der Waals surface area contributed by atoms with E-state index in [9.17, 15) is 9.59 Å². The number of rotatable bonds is 4. The van der Waals surface area contributed by atoms with Gasteiger partial charge < -0.3 is 15.4 Å². The van der Waals surface area contributed by atoms with E-state index in [4.69, 9.17) is 0 Å². The number of esters is 1. The average molecular weight is 200 g/mol. The summed E-state index contributed by atoms with van der Waals surface area (Å²) in [5.41, 5.74) is 0. The molecule has 0 radical (unpaired) electrons. The second-order valence-electron chi connectivity index (χ2n) is 3.31. The number of hydrogen-bond acceptors (Lipinski definition) is 4. The highest BCUT2D eigenvalue weighted by atomic mass is 16.5. The van der Waals surface area contributed by atoms with E-state index in [1.54, 1.807) is 0 Å². The summed E-state index contributed by atoms with van der Waals surface area (Å²) >= 11 is 0. The Labute approximate surface area is 83.2 Å². The number of carbonyl (C=O) groups excluding carboxylic acids is 2. The zero-order chi connectivity index (χ0) is 10.4. The number of nitrogens with one attached hydrogen (secondary N) is 2. The Balaban J connectivity index is 2.11. The van der Waals surface area contributed by atoms with Gasteiger partial charge in [-0.3, -0.25) is 9.59 Å². The molecule has 0 saturated carbocycles. The Morgan fingerprint density at radius 3 is 2.93 bits per heavy atom. The minimum absolute atomic E-state index is 0.0268. The molecule has 0 spiro atoms. The normalized spacial score (nSPS) is 20.5. The molecule has 1 unspecified atom stereocenters. The fourth-order valence-corrected chi connectivity index (χ4v) is 1.41. The summed E-state index contributed by atoms with van der Waals surface area (Å²) in [5.74, 6) is -0.207. The van der Waals surface area contributed by atoms with Gasteiger partial charge in [0.05, 0.1) is 19.4 Å². The first-order chi connectivity index (χ1) is 6.74. The van der Waals surface area contributed by atoms with Crippen molar-refractivity contribution in [2.24, 2.45) is 5.92 Å². The van der Waals surface area contributed by atoms with Gasteiger partial charge in [-0.1, -0.05) is 0 Å². The maximum atomic E-state index is 11.4. The molecule has 0 aromatic rings. The van der Waals surface area contributed by atoms with Crippen molar-refractivity contribution in [3.63, 3.8) is 0 Å². The van der Waals surface area contributed by atoms with Gasteiger partial charge in [0.2, 0.25) is 5.91 Å². The van der Waals surface area contributed by atoms with Gasteiger partial charge in [-0.2, -0.15) is 0 Å². The highest BCUT2D eigenvalue weighted by molar-refractivity contribution is 5.79. The molecule has 1 atom stereocenters. The van der Waals surface area contributed by atoms with Crippen LogP contribution in [0.15, 0.2) is 0 Å². The van der Waals surface area contributed by atoms with Gasteiger partial charge in [0, 0.05) is 13.1 Å². The van der Waals surface area contributed by atoms with Crippen LogP contribution in [0.25, 0.3) is 0 Å². The second-order valence-corrected chi connectivity index (χ2v) is 3.31. The van der Waals surface area contributed by atoms with Gasteiger partial charge in [0.25, 0.3) is 0 Å². The predicted molar refractivity (Wildman–Crippen MR) is 50.6 cm³/mol. The summed E-state index contributed by atoms with van der Waals surface area (Å²) in [7, 11) is 1.34. The summed E-state index contributed by atoms with van der Waals surface area (Å²) in [4.78, 5) is 22.1. The highest BCUT2D eigenvalue weighted by Crippen LogP contribution is 2.06. The van der Waals surface area contributed by atoms with Crippen LogP contribution in [0.4, 0.5) is 0 Å². The lowest BCUT2D eigenvalue weighted by Gasteiger charge is -2.08. The maximum Gasteiger partial charge on any atom is 0.307 e. The standard InChI is InChI=1S/C9H16N2O3/c1-14-8(12)3-5-11-9(13)7-2-4-10-6-7/h7,10H,2-6H2,1H3,(H,11,13). The Bertz CT molecular complexity index is 212. The lowest BCUT2D eigenvalue weighted by molar-refractivity contribution is -0.140. The van der Waals surface area contributed by atoms with Crippen LogP contribution in [-0.4, -0.2) is 38.6 Å². The minimum Gasteiger partial charge on any atom is -0.469 e. The van der Waals surface area contributed by atoms with Gasteiger partial charge in [-0.05, 0) is 13.0 Å². The average Bonchev–Trinajstić information content (AvgIpc) is 2.70. The molecule has 14 heavy (non-hydrogen) atoms. The van der Waals surface area contributed by atoms with Crippen molar-refractivity contribution in [1.29, 1.82) is 0 Å². The lowest BCUT2D eigenvalue weighted by Crippen LogP contribution is -2.33. The van der Waals surface area contributed by atoms with Crippen LogP contribution < -0.4 is 10.6 Å². The van der Waals surface area contributed by atoms with Crippen LogP contribution in [0, 0.1) is 5.92 Å². The third kappa shape index (κ3) is 3.33. The van der Waals surface area contributed by atoms with Gasteiger partial charge in [-0.15, -0.1) is 0 Å². The fourth-order valence-electron chi connectivity index (χ4n) is 1.41. The first kappa shape index (κ1) is 11.0. The van der Waals surface area contributed by atoms with Gasteiger partial charge in [0.15, 0.2) is 0 Å². The van der Waals surface area contributed by atoms with Gasteiger partial charge in [-0.25, -0.2) is 0 Å². The van der Waals surface area contributed by atoms with E-state index < -0.39 is 0 Å². The highest BCUT2D eigenvalue weighted by Gasteiger charge is 2.21. The summed E-state index contributed by atoms with van der Waals surface area (Å²) in [6.07, 6.45) is 1.12. The first-order valence-corrected chi connectivity index (χ1v) is 4.79. The molecule has 1 rings (SSSR count). The van der Waals surface area contributed by atoms with E-state index >= 15 is 0 Å². The summed E-state index contributed by atoms with van der Waals surface area (Å²) in [6.45, 7) is 2.00. The summed E-state index contributed by atoms with van der Waals surface area (Å²) in [6, 6.07) is 0. The molecule has 80 valence electrons. The Hall–Kier alpha value is -1.10. The lowest BCUT2D eigenvalue weighted by atomic mass is 10.1. The van der Waals surface area contributed by atoms with Gasteiger partial charge >= 0.3 is 5.97 Å². The number of ether oxygens (including phenoxy) is 1. The van der Waals surface area contributed by atoms with Crippen LogP contribution >= 0.6 is 0 Å². The van der Waals surface area contributed by atoms with Crippen molar-refractivity contribution in [2.75, 3.05) is 26.7 Å². The van der Waals surface area contributed by atoms with Crippen LogP contribution in [0.3, 0.4) is 0 Å². The minimum atomic E-state index is -0.296. The van der Waals surface area contributed by atoms with Crippen molar-refractivity contribution in [3.8, 4) is 0 Å². The van der Waals surface area contributed by atoms with E-state index in [0.717, 1.165) is 19.5 Å². The SMILES string of the molecule is COC(=O)CCNC(=O)C1CCNC1. The number of carbonyl (C=O) groups is 2. The molecule has 1 aliphatic rings. The maximum absolute atomic E-state index is 11.4. The third-order valence-electron chi connectivity index (χ3n) is 2.29. The van der Waals surface area contributed by atoms with E-state index in [0.29, 0.717) is 6.54 Å². The van der Waals surface area contributed by atoms with Gasteiger partial charge in [0.1, 0.15) is 0 Å². The largest absolute Gasteiger partial charge is 0.469 e. The molecule has 2 N–H and O–H groups in total. The van der Waals surface area contributed by atoms with Crippen molar-refractivity contribution < 1.29 is 14.3 Å². The molecule has 1 aliphatic heterocycles. The van der Waals surface area contributed by atoms with Crippen LogP contribution in [0.2, 0.25) is 0 Å². The Morgan fingerprint density at radius 2 is 2.36 bits per heavy atom. The zero-order valence-corrected chi connectivity index (χ0v) is 8.34. The van der Waals surface area contributed by atoms with Crippen LogP contribution in [0.1, 0.15) is 12.8 Å². The number of hydrogen-bond donors (Lipinski definition) is 2. The molecule has 0 aromatic carbocycles. The number of methoxy groups -OCH3 is 1. The van der Waals surface area contributed by atoms with E-state index in [1.807, 2.05) is 0 Å². The molecule has 5 heteroatoms. The third-order valence-corrected chi connectivity index (χ3v) is 2.29. The summed E-state index contributed by atoms with van der Waals surface area (Å²) < 4.78 is 4.45. The van der Waals surface area contributed by atoms with Crippen LogP contribution in [0.5, 0.6) is 0 Å². The molecule has 1 saturated heterocycles. The smallest absolute Gasteiger partial charge is 0.307 e. The van der Waals surface area contributed by atoms with Crippen molar-refractivity contribution in [2.45, 2.75) is 12.8 Å². The van der Waals surface area contributed by atoms with E-state index in [2.05, 4.69) is 15.4 Å². The Kier molecular flexibility index (Phi) is 4.39. The van der Waals surface area contributed by atoms with Crippen LogP contribution in [-0.2, 0) is 14.3 Å². The van der Waals surface area contributed by atoms with E-state index in [1.165, 1.54) is 7.11 Å². The molecular weight excluding hydrogens is 184 g/mol. The molecule has 1 heterocycles. The monoisotopic (exact) mass is 200 g/mol. The molecule has 0 aromatic heterocycles. The topological polar surface area (TPSA) is 67.4 Å².